The quantitative estimate of drug-likeness (QED) is 0.868. The van der Waals surface area contributed by atoms with Crippen LogP contribution in [0.1, 0.15) is 11.1 Å². The number of benzene rings is 1. The number of anilines is 1. The van der Waals surface area contributed by atoms with Crippen molar-refractivity contribution in [3.05, 3.63) is 47.8 Å². The predicted octanol–water partition coefficient (Wildman–Crippen LogP) is 2.05. The van der Waals surface area contributed by atoms with Gasteiger partial charge in [0.1, 0.15) is 0 Å². The van der Waals surface area contributed by atoms with Gasteiger partial charge in [-0.2, -0.15) is 5.10 Å². The number of aromatic nitrogens is 2. The summed E-state index contributed by atoms with van der Waals surface area (Å²) in [5.41, 5.74) is 2.96. The molecule has 0 atom stereocenters. The Kier molecular flexibility index (Phi) is 3.62. The highest BCUT2D eigenvalue weighted by molar-refractivity contribution is 5.88. The van der Waals surface area contributed by atoms with E-state index < -0.39 is 0 Å². The number of hydrogen-bond acceptors (Lipinski definition) is 2. The standard InChI is InChI=1S/C13H16N4O/c1-10-5-3-4-6-11(10)7-14-13(18)16-12-8-15-17(2)9-12/h3-6,8-9H,7H2,1-2H3,(H2,14,16,18). The van der Waals surface area contributed by atoms with Gasteiger partial charge >= 0.3 is 6.03 Å². The fourth-order valence-electron chi connectivity index (χ4n) is 1.64. The molecular formula is C13H16N4O. The third-order valence-electron chi connectivity index (χ3n) is 2.66. The number of rotatable bonds is 3. The zero-order chi connectivity index (χ0) is 13.0. The lowest BCUT2D eigenvalue weighted by atomic mass is 10.1. The van der Waals surface area contributed by atoms with Crippen LogP contribution >= 0.6 is 0 Å². The second kappa shape index (κ2) is 5.35. The van der Waals surface area contributed by atoms with Gasteiger partial charge in [-0.25, -0.2) is 4.79 Å². The molecule has 1 heterocycles. The third-order valence-corrected chi connectivity index (χ3v) is 2.66. The van der Waals surface area contributed by atoms with Gasteiger partial charge in [-0.05, 0) is 18.1 Å². The molecule has 18 heavy (non-hydrogen) atoms. The largest absolute Gasteiger partial charge is 0.334 e. The van der Waals surface area contributed by atoms with E-state index in [9.17, 15) is 4.79 Å². The lowest BCUT2D eigenvalue weighted by Gasteiger charge is -2.08. The molecule has 0 saturated heterocycles. The molecule has 5 nitrogen and oxygen atoms in total. The minimum absolute atomic E-state index is 0.230. The van der Waals surface area contributed by atoms with Crippen molar-refractivity contribution in [2.24, 2.45) is 7.05 Å². The predicted molar refractivity (Wildman–Crippen MR) is 70.2 cm³/mol. The molecule has 0 saturated carbocycles. The fourth-order valence-corrected chi connectivity index (χ4v) is 1.64. The van der Waals surface area contributed by atoms with Crippen LogP contribution in [0.15, 0.2) is 36.7 Å². The van der Waals surface area contributed by atoms with Gasteiger partial charge in [-0.3, -0.25) is 4.68 Å². The van der Waals surface area contributed by atoms with Crippen molar-refractivity contribution in [1.29, 1.82) is 0 Å². The Balaban J connectivity index is 1.87. The second-order valence-corrected chi connectivity index (χ2v) is 4.14. The highest BCUT2D eigenvalue weighted by Crippen LogP contribution is 2.07. The average molecular weight is 244 g/mol. The van der Waals surface area contributed by atoms with E-state index in [-0.39, 0.29) is 6.03 Å². The third kappa shape index (κ3) is 3.10. The Labute approximate surface area is 106 Å². The van der Waals surface area contributed by atoms with Gasteiger partial charge in [0.2, 0.25) is 0 Å². The second-order valence-electron chi connectivity index (χ2n) is 4.14. The van der Waals surface area contributed by atoms with Crippen LogP contribution in [-0.4, -0.2) is 15.8 Å². The number of nitrogens with one attached hydrogen (secondary N) is 2. The maximum Gasteiger partial charge on any atom is 0.319 e. The van der Waals surface area contributed by atoms with E-state index in [0.717, 1.165) is 5.56 Å². The summed E-state index contributed by atoms with van der Waals surface area (Å²) >= 11 is 0. The van der Waals surface area contributed by atoms with Crippen molar-refractivity contribution in [3.63, 3.8) is 0 Å². The van der Waals surface area contributed by atoms with Gasteiger partial charge in [0.15, 0.2) is 0 Å². The molecule has 94 valence electrons. The number of carbonyl (C=O) groups excluding carboxylic acids is 1. The van der Waals surface area contributed by atoms with Crippen LogP contribution in [0.25, 0.3) is 0 Å². The van der Waals surface area contributed by atoms with Crippen LogP contribution in [0.2, 0.25) is 0 Å². The number of amides is 2. The summed E-state index contributed by atoms with van der Waals surface area (Å²) in [4.78, 5) is 11.6. The Morgan fingerprint density at radius 3 is 2.83 bits per heavy atom. The first kappa shape index (κ1) is 12.2. The maximum atomic E-state index is 11.6. The number of urea groups is 1. The van der Waals surface area contributed by atoms with Crippen LogP contribution in [0.5, 0.6) is 0 Å². The Hall–Kier alpha value is -2.30. The maximum absolute atomic E-state index is 11.6. The van der Waals surface area contributed by atoms with Gasteiger partial charge in [-0.1, -0.05) is 24.3 Å². The molecule has 0 unspecified atom stereocenters. The molecule has 2 rings (SSSR count). The lowest BCUT2D eigenvalue weighted by Crippen LogP contribution is -2.28. The minimum atomic E-state index is -0.230. The van der Waals surface area contributed by atoms with Crippen molar-refractivity contribution in [2.75, 3.05) is 5.32 Å². The first-order valence-electron chi connectivity index (χ1n) is 5.73. The van der Waals surface area contributed by atoms with Crippen molar-refractivity contribution in [3.8, 4) is 0 Å². The van der Waals surface area contributed by atoms with Crippen molar-refractivity contribution >= 4 is 11.7 Å². The fraction of sp³-hybridized carbons (Fsp3) is 0.231. The SMILES string of the molecule is Cc1ccccc1CNC(=O)Nc1cnn(C)c1. The molecule has 0 aliphatic carbocycles. The molecule has 2 amide bonds. The van der Waals surface area contributed by atoms with Crippen LogP contribution in [-0.2, 0) is 13.6 Å². The van der Waals surface area contributed by atoms with E-state index in [1.807, 2.05) is 31.2 Å². The Bertz CT molecular complexity index is 547. The highest BCUT2D eigenvalue weighted by atomic mass is 16.2. The van der Waals surface area contributed by atoms with Gasteiger partial charge < -0.3 is 10.6 Å². The van der Waals surface area contributed by atoms with Crippen molar-refractivity contribution in [1.82, 2.24) is 15.1 Å². The number of aryl methyl sites for hydroxylation is 2. The normalized spacial score (nSPS) is 10.1. The average Bonchev–Trinajstić information content (AvgIpc) is 2.74. The molecule has 0 aliphatic heterocycles. The summed E-state index contributed by atoms with van der Waals surface area (Å²) in [5.74, 6) is 0. The molecule has 0 bridgehead atoms. The summed E-state index contributed by atoms with van der Waals surface area (Å²) in [5, 5.41) is 9.51. The first-order chi connectivity index (χ1) is 8.65. The molecule has 0 spiro atoms. The number of carbonyl (C=O) groups is 1. The minimum Gasteiger partial charge on any atom is -0.334 e. The zero-order valence-electron chi connectivity index (χ0n) is 10.5. The van der Waals surface area contributed by atoms with E-state index >= 15 is 0 Å². The molecule has 0 aliphatic rings. The summed E-state index contributed by atoms with van der Waals surface area (Å²) in [6, 6.07) is 7.74. The summed E-state index contributed by atoms with van der Waals surface area (Å²) in [6.45, 7) is 2.54. The number of hydrogen-bond donors (Lipinski definition) is 2. The first-order valence-corrected chi connectivity index (χ1v) is 5.73. The smallest absolute Gasteiger partial charge is 0.319 e. The molecule has 0 radical (unpaired) electrons. The molecule has 1 aromatic carbocycles. The van der Waals surface area contributed by atoms with E-state index in [1.165, 1.54) is 5.56 Å². The van der Waals surface area contributed by atoms with Gasteiger partial charge in [0.25, 0.3) is 0 Å². The van der Waals surface area contributed by atoms with E-state index in [2.05, 4.69) is 15.7 Å². The van der Waals surface area contributed by atoms with Crippen molar-refractivity contribution < 1.29 is 4.79 Å². The van der Waals surface area contributed by atoms with Crippen molar-refractivity contribution in [2.45, 2.75) is 13.5 Å². The van der Waals surface area contributed by atoms with Crippen LogP contribution in [0.3, 0.4) is 0 Å². The van der Waals surface area contributed by atoms with Crippen LogP contribution in [0, 0.1) is 6.92 Å². The highest BCUT2D eigenvalue weighted by Gasteiger charge is 2.03. The number of nitrogens with zero attached hydrogens (tertiary/aromatic N) is 2. The summed E-state index contributed by atoms with van der Waals surface area (Å²) < 4.78 is 1.64. The monoisotopic (exact) mass is 244 g/mol. The van der Waals surface area contributed by atoms with Gasteiger partial charge in [-0.15, -0.1) is 0 Å². The molecular weight excluding hydrogens is 228 g/mol. The molecule has 5 heteroatoms. The topological polar surface area (TPSA) is 59.0 Å². The summed E-state index contributed by atoms with van der Waals surface area (Å²) in [7, 11) is 1.80. The molecule has 2 N–H and O–H groups in total. The molecule has 1 aromatic heterocycles. The molecule has 0 fully saturated rings. The molecule has 2 aromatic rings. The van der Waals surface area contributed by atoms with E-state index in [1.54, 1.807) is 24.1 Å². The van der Waals surface area contributed by atoms with E-state index in [0.29, 0.717) is 12.2 Å². The van der Waals surface area contributed by atoms with E-state index in [4.69, 9.17) is 0 Å². The Morgan fingerprint density at radius 1 is 1.39 bits per heavy atom. The van der Waals surface area contributed by atoms with Gasteiger partial charge in [0.05, 0.1) is 11.9 Å². The zero-order valence-corrected chi connectivity index (χ0v) is 10.5. The Morgan fingerprint density at radius 2 is 2.17 bits per heavy atom. The lowest BCUT2D eigenvalue weighted by molar-refractivity contribution is 0.251. The summed E-state index contributed by atoms with van der Waals surface area (Å²) in [6.07, 6.45) is 3.35. The van der Waals surface area contributed by atoms with Crippen LogP contribution in [0.4, 0.5) is 10.5 Å². The van der Waals surface area contributed by atoms with Crippen LogP contribution < -0.4 is 10.6 Å². The van der Waals surface area contributed by atoms with Gasteiger partial charge in [0, 0.05) is 19.8 Å².